The summed E-state index contributed by atoms with van der Waals surface area (Å²) in [6.45, 7) is 0.232. The second kappa shape index (κ2) is 7.37. The predicted octanol–water partition coefficient (Wildman–Crippen LogP) is 4.81. The van der Waals surface area contributed by atoms with Gasteiger partial charge in [-0.25, -0.2) is 17.6 Å². The van der Waals surface area contributed by atoms with Crippen LogP contribution in [-0.2, 0) is 0 Å². The highest BCUT2D eigenvalue weighted by Crippen LogP contribution is 2.32. The SMILES string of the molecule is N#Cc1cc(C(=O)Nc2c[nH]c3cc(F)c(F)cc23)ccc1N1CCC(F)(F)CC1. The molecule has 9 heteroatoms. The molecule has 0 spiro atoms. The number of nitrogens with zero attached hydrogens (tertiary/aromatic N) is 2. The number of halogens is 4. The van der Waals surface area contributed by atoms with Crippen molar-refractivity contribution in [3.63, 3.8) is 0 Å². The van der Waals surface area contributed by atoms with Gasteiger partial charge in [0.2, 0.25) is 0 Å². The summed E-state index contributed by atoms with van der Waals surface area (Å²) in [6, 6.07) is 8.41. The van der Waals surface area contributed by atoms with Crippen molar-refractivity contribution in [3.8, 4) is 6.07 Å². The lowest BCUT2D eigenvalue weighted by Gasteiger charge is -2.33. The highest BCUT2D eigenvalue weighted by molar-refractivity contribution is 6.09. The van der Waals surface area contributed by atoms with Gasteiger partial charge in [-0.05, 0) is 24.3 Å². The van der Waals surface area contributed by atoms with E-state index >= 15 is 0 Å². The number of nitrogens with one attached hydrogen (secondary N) is 2. The second-order valence-corrected chi connectivity index (χ2v) is 7.16. The monoisotopic (exact) mass is 416 g/mol. The summed E-state index contributed by atoms with van der Waals surface area (Å²) in [4.78, 5) is 17.1. The molecule has 2 aromatic carbocycles. The topological polar surface area (TPSA) is 71.9 Å². The molecule has 5 nitrogen and oxygen atoms in total. The van der Waals surface area contributed by atoms with Crippen molar-refractivity contribution in [1.82, 2.24) is 4.98 Å². The predicted molar refractivity (Wildman–Crippen MR) is 104 cm³/mol. The normalized spacial score (nSPS) is 15.8. The van der Waals surface area contributed by atoms with Crippen molar-refractivity contribution in [3.05, 3.63) is 59.3 Å². The van der Waals surface area contributed by atoms with Crippen molar-refractivity contribution < 1.29 is 22.4 Å². The number of carbonyl (C=O) groups excluding carboxylic acids is 1. The van der Waals surface area contributed by atoms with Gasteiger partial charge in [-0.2, -0.15) is 5.26 Å². The van der Waals surface area contributed by atoms with E-state index in [-0.39, 0.29) is 42.7 Å². The maximum absolute atomic E-state index is 13.5. The fraction of sp³-hybridized carbons (Fsp3) is 0.238. The van der Waals surface area contributed by atoms with E-state index in [0.29, 0.717) is 16.6 Å². The number of amides is 1. The number of hydrogen-bond donors (Lipinski definition) is 2. The molecule has 0 unspecified atom stereocenters. The van der Waals surface area contributed by atoms with E-state index in [0.717, 1.165) is 12.1 Å². The first-order valence-electron chi connectivity index (χ1n) is 9.22. The highest BCUT2D eigenvalue weighted by atomic mass is 19.3. The smallest absolute Gasteiger partial charge is 0.255 e. The Balaban J connectivity index is 1.57. The van der Waals surface area contributed by atoms with E-state index in [1.54, 1.807) is 11.0 Å². The van der Waals surface area contributed by atoms with E-state index in [1.807, 2.05) is 6.07 Å². The summed E-state index contributed by atoms with van der Waals surface area (Å²) in [5.74, 6) is -5.30. The van der Waals surface area contributed by atoms with Gasteiger partial charge in [0, 0.05) is 49.1 Å². The van der Waals surface area contributed by atoms with Crippen LogP contribution in [0.5, 0.6) is 0 Å². The molecular formula is C21H16F4N4O. The summed E-state index contributed by atoms with van der Waals surface area (Å²) in [7, 11) is 0. The molecule has 0 atom stereocenters. The van der Waals surface area contributed by atoms with Crippen LogP contribution in [0.4, 0.5) is 28.9 Å². The van der Waals surface area contributed by atoms with Crippen LogP contribution in [0.3, 0.4) is 0 Å². The number of anilines is 2. The second-order valence-electron chi connectivity index (χ2n) is 7.16. The van der Waals surface area contributed by atoms with Gasteiger partial charge in [0.05, 0.1) is 22.5 Å². The lowest BCUT2D eigenvalue weighted by atomic mass is 10.0. The van der Waals surface area contributed by atoms with Crippen LogP contribution < -0.4 is 10.2 Å². The van der Waals surface area contributed by atoms with Gasteiger partial charge >= 0.3 is 0 Å². The minimum atomic E-state index is -2.70. The molecule has 1 amide bonds. The zero-order chi connectivity index (χ0) is 21.5. The molecule has 4 rings (SSSR count). The number of piperidine rings is 1. The molecule has 0 radical (unpaired) electrons. The van der Waals surface area contributed by atoms with Gasteiger partial charge < -0.3 is 15.2 Å². The molecular weight excluding hydrogens is 400 g/mol. The van der Waals surface area contributed by atoms with Crippen LogP contribution >= 0.6 is 0 Å². The fourth-order valence-electron chi connectivity index (χ4n) is 3.53. The Morgan fingerprint density at radius 2 is 1.83 bits per heavy atom. The van der Waals surface area contributed by atoms with Gasteiger partial charge in [-0.3, -0.25) is 4.79 Å². The molecule has 0 aliphatic carbocycles. The number of fused-ring (bicyclic) bond motifs is 1. The Kier molecular flexibility index (Phi) is 4.86. The average Bonchev–Trinajstić information content (AvgIpc) is 3.09. The molecule has 0 bridgehead atoms. The number of alkyl halides is 2. The summed E-state index contributed by atoms with van der Waals surface area (Å²) >= 11 is 0. The molecule has 1 aliphatic rings. The summed E-state index contributed by atoms with van der Waals surface area (Å²) in [6.07, 6.45) is 0.824. The number of rotatable bonds is 3. The number of H-pyrrole nitrogens is 1. The van der Waals surface area contributed by atoms with E-state index in [4.69, 9.17) is 0 Å². The molecule has 0 saturated carbocycles. The highest BCUT2D eigenvalue weighted by Gasteiger charge is 2.34. The Morgan fingerprint density at radius 1 is 1.13 bits per heavy atom. The maximum Gasteiger partial charge on any atom is 0.255 e. The molecule has 1 fully saturated rings. The van der Waals surface area contributed by atoms with Crippen LogP contribution in [0, 0.1) is 23.0 Å². The summed E-state index contributed by atoms with van der Waals surface area (Å²) < 4.78 is 53.7. The largest absolute Gasteiger partial charge is 0.370 e. The van der Waals surface area contributed by atoms with E-state index in [2.05, 4.69) is 10.3 Å². The molecule has 30 heavy (non-hydrogen) atoms. The van der Waals surface area contributed by atoms with Gasteiger partial charge in [-0.1, -0.05) is 0 Å². The molecule has 154 valence electrons. The Hall–Kier alpha value is -3.54. The number of hydrogen-bond acceptors (Lipinski definition) is 3. The number of benzene rings is 2. The average molecular weight is 416 g/mol. The van der Waals surface area contributed by atoms with E-state index in [1.165, 1.54) is 18.3 Å². The van der Waals surface area contributed by atoms with Crippen molar-refractivity contribution >= 4 is 28.2 Å². The van der Waals surface area contributed by atoms with Gasteiger partial charge in [0.1, 0.15) is 6.07 Å². The van der Waals surface area contributed by atoms with Crippen LogP contribution in [0.1, 0.15) is 28.8 Å². The molecule has 1 aromatic heterocycles. The van der Waals surface area contributed by atoms with Crippen molar-refractivity contribution in [2.45, 2.75) is 18.8 Å². The molecule has 1 aliphatic heterocycles. The lowest BCUT2D eigenvalue weighted by molar-refractivity contribution is -0.0220. The van der Waals surface area contributed by atoms with Gasteiger partial charge in [0.15, 0.2) is 11.6 Å². The van der Waals surface area contributed by atoms with Crippen LogP contribution in [-0.4, -0.2) is 29.9 Å². The van der Waals surface area contributed by atoms with Gasteiger partial charge in [-0.15, -0.1) is 0 Å². The minimum Gasteiger partial charge on any atom is -0.370 e. The number of carbonyl (C=O) groups is 1. The first-order chi connectivity index (χ1) is 14.3. The lowest BCUT2D eigenvalue weighted by Crippen LogP contribution is -2.39. The van der Waals surface area contributed by atoms with Crippen molar-refractivity contribution in [2.75, 3.05) is 23.3 Å². The zero-order valence-corrected chi connectivity index (χ0v) is 15.6. The standard InChI is InChI=1S/C21H16F4N4O/c22-15-8-14-17(9-16(15)23)27-11-18(14)28-20(30)12-1-2-19(13(7-12)10-26)29-5-3-21(24,25)4-6-29/h1-2,7-9,11,27H,3-6H2,(H,28,30). The van der Waals surface area contributed by atoms with Crippen LogP contribution in [0.25, 0.3) is 10.9 Å². The Morgan fingerprint density at radius 3 is 2.53 bits per heavy atom. The number of aromatic amines is 1. The molecule has 3 aromatic rings. The van der Waals surface area contributed by atoms with Crippen LogP contribution in [0.2, 0.25) is 0 Å². The third kappa shape index (κ3) is 3.68. The van der Waals surface area contributed by atoms with Gasteiger partial charge in [0.25, 0.3) is 11.8 Å². The zero-order valence-electron chi connectivity index (χ0n) is 15.6. The van der Waals surface area contributed by atoms with Crippen LogP contribution in [0.15, 0.2) is 36.5 Å². The quantitative estimate of drug-likeness (QED) is 0.602. The first kappa shape index (κ1) is 19.8. The third-order valence-corrected chi connectivity index (χ3v) is 5.19. The fourth-order valence-corrected chi connectivity index (χ4v) is 3.53. The minimum absolute atomic E-state index is 0.116. The summed E-state index contributed by atoms with van der Waals surface area (Å²) in [5, 5.41) is 12.4. The number of nitriles is 1. The Bertz CT molecular complexity index is 1170. The third-order valence-electron chi connectivity index (χ3n) is 5.19. The number of aromatic nitrogens is 1. The summed E-state index contributed by atoms with van der Waals surface area (Å²) in [5.41, 5.74) is 1.44. The van der Waals surface area contributed by atoms with Crippen molar-refractivity contribution in [2.24, 2.45) is 0 Å². The molecule has 2 heterocycles. The first-order valence-corrected chi connectivity index (χ1v) is 9.22. The molecule has 1 saturated heterocycles. The Labute approximate surface area is 168 Å². The van der Waals surface area contributed by atoms with E-state index in [9.17, 15) is 27.6 Å². The van der Waals surface area contributed by atoms with Crippen molar-refractivity contribution in [1.29, 1.82) is 5.26 Å². The van der Waals surface area contributed by atoms with E-state index < -0.39 is 23.5 Å². The molecule has 2 N–H and O–H groups in total. The maximum atomic E-state index is 13.5.